The van der Waals surface area contributed by atoms with Gasteiger partial charge in [0.15, 0.2) is 5.65 Å². The van der Waals surface area contributed by atoms with Crippen LogP contribution in [-0.2, 0) is 24.4 Å². The number of pyridine rings is 1. The predicted molar refractivity (Wildman–Crippen MR) is 149 cm³/mol. The molecule has 0 atom stereocenters. The van der Waals surface area contributed by atoms with Crippen molar-refractivity contribution in [2.24, 2.45) is 5.92 Å². The molecule has 10 nitrogen and oxygen atoms in total. The van der Waals surface area contributed by atoms with Crippen molar-refractivity contribution >= 4 is 22.9 Å². The van der Waals surface area contributed by atoms with Gasteiger partial charge in [-0.1, -0.05) is 37.6 Å². The lowest BCUT2D eigenvalue weighted by atomic mass is 9.85. The van der Waals surface area contributed by atoms with E-state index in [4.69, 9.17) is 0 Å². The molecule has 4 aromatic rings. The Bertz CT molecular complexity index is 1610. The van der Waals surface area contributed by atoms with E-state index in [0.29, 0.717) is 42.4 Å². The average molecular weight is 528 g/mol. The van der Waals surface area contributed by atoms with Crippen LogP contribution in [-0.4, -0.2) is 30.0 Å². The number of aryl methyl sites for hydroxylation is 1. The minimum absolute atomic E-state index is 0.00898. The van der Waals surface area contributed by atoms with Crippen molar-refractivity contribution in [1.82, 2.24) is 29.4 Å². The van der Waals surface area contributed by atoms with Crippen molar-refractivity contribution in [3.63, 3.8) is 0 Å². The Morgan fingerprint density at radius 1 is 1.03 bits per heavy atom. The number of carbonyl (C=O) groups is 1. The number of hydrogen-bond acceptors (Lipinski definition) is 6. The minimum Gasteiger partial charge on any atom is -0.366 e. The monoisotopic (exact) mass is 527 g/mol. The SMILES string of the molecule is CCCn1c(=O)n(C2CC2)c(=O)c2[nH]c(-c3ccc(NCc4ccc(CNC(=O)C5CCC5)cc4)nc3)nc21. The summed E-state index contributed by atoms with van der Waals surface area (Å²) in [5, 5.41) is 6.35. The van der Waals surface area contributed by atoms with E-state index < -0.39 is 0 Å². The standard InChI is InChI=1S/C29H33N7O3/c1-2-14-35-26-24(28(38)36(29(35)39)22-11-12-22)33-25(34-26)21-10-13-23(31-17-21)30-15-18-6-8-19(9-7-18)16-32-27(37)20-4-3-5-20/h6-10,13,17,20,22H,2-5,11-12,14-16H2,1H3,(H,30,31)(H,32,37)(H,33,34). The normalized spacial score (nSPS) is 15.3. The number of nitrogens with zero attached hydrogens (tertiary/aromatic N) is 4. The van der Waals surface area contributed by atoms with E-state index in [1.165, 1.54) is 4.57 Å². The summed E-state index contributed by atoms with van der Waals surface area (Å²) in [6.07, 6.45) is 7.35. The molecule has 2 aliphatic rings. The molecular formula is C29H33N7O3. The Kier molecular flexibility index (Phi) is 6.76. The van der Waals surface area contributed by atoms with Crippen molar-refractivity contribution in [2.75, 3.05) is 5.32 Å². The summed E-state index contributed by atoms with van der Waals surface area (Å²) in [6.45, 7) is 3.66. The summed E-state index contributed by atoms with van der Waals surface area (Å²) in [7, 11) is 0. The van der Waals surface area contributed by atoms with Gasteiger partial charge in [0.25, 0.3) is 5.56 Å². The van der Waals surface area contributed by atoms with E-state index in [1.54, 1.807) is 10.8 Å². The lowest BCUT2D eigenvalue weighted by molar-refractivity contribution is -0.127. The van der Waals surface area contributed by atoms with Gasteiger partial charge in [0, 0.05) is 43.4 Å². The van der Waals surface area contributed by atoms with Gasteiger partial charge in [0.2, 0.25) is 5.91 Å². The summed E-state index contributed by atoms with van der Waals surface area (Å²) in [5.41, 5.74) is 3.09. The molecule has 2 fully saturated rings. The van der Waals surface area contributed by atoms with Crippen molar-refractivity contribution in [1.29, 1.82) is 0 Å². The fourth-order valence-electron chi connectivity index (χ4n) is 4.96. The van der Waals surface area contributed by atoms with Gasteiger partial charge in [-0.15, -0.1) is 0 Å². The number of H-pyrrole nitrogens is 1. The van der Waals surface area contributed by atoms with Crippen LogP contribution >= 0.6 is 0 Å². The van der Waals surface area contributed by atoms with Crippen LogP contribution in [0.3, 0.4) is 0 Å². The van der Waals surface area contributed by atoms with Gasteiger partial charge >= 0.3 is 5.69 Å². The van der Waals surface area contributed by atoms with E-state index in [0.717, 1.165) is 55.2 Å². The molecule has 6 rings (SSSR count). The van der Waals surface area contributed by atoms with Crippen LogP contribution in [0.4, 0.5) is 5.82 Å². The number of carbonyl (C=O) groups excluding carboxylic acids is 1. The zero-order chi connectivity index (χ0) is 26.9. The molecule has 0 unspecified atom stereocenters. The van der Waals surface area contributed by atoms with Gasteiger partial charge < -0.3 is 15.6 Å². The summed E-state index contributed by atoms with van der Waals surface area (Å²) in [6, 6.07) is 11.9. The highest BCUT2D eigenvalue weighted by Gasteiger charge is 2.30. The van der Waals surface area contributed by atoms with Gasteiger partial charge in [-0.3, -0.25) is 18.7 Å². The summed E-state index contributed by atoms with van der Waals surface area (Å²) in [4.78, 5) is 50.4. The fraction of sp³-hybridized carbons (Fsp3) is 0.414. The van der Waals surface area contributed by atoms with Crippen LogP contribution in [0, 0.1) is 5.92 Å². The number of hydrogen-bond donors (Lipinski definition) is 3. The Morgan fingerprint density at radius 3 is 2.38 bits per heavy atom. The fourth-order valence-corrected chi connectivity index (χ4v) is 4.96. The highest BCUT2D eigenvalue weighted by molar-refractivity contribution is 5.79. The first-order valence-corrected chi connectivity index (χ1v) is 13.8. The van der Waals surface area contributed by atoms with Crippen molar-refractivity contribution in [3.8, 4) is 11.4 Å². The third-order valence-corrected chi connectivity index (χ3v) is 7.65. The molecule has 2 aliphatic carbocycles. The predicted octanol–water partition coefficient (Wildman–Crippen LogP) is 3.72. The van der Waals surface area contributed by atoms with Gasteiger partial charge in [0.1, 0.15) is 17.2 Å². The third kappa shape index (κ3) is 5.10. The number of imidazole rings is 1. The Morgan fingerprint density at radius 2 is 1.77 bits per heavy atom. The van der Waals surface area contributed by atoms with Crippen LogP contribution in [0.15, 0.2) is 52.2 Å². The molecule has 1 amide bonds. The van der Waals surface area contributed by atoms with Crippen molar-refractivity contribution in [2.45, 2.75) is 71.1 Å². The molecule has 3 aromatic heterocycles. The van der Waals surface area contributed by atoms with Crippen LogP contribution in [0.5, 0.6) is 0 Å². The Hall–Kier alpha value is -4.21. The van der Waals surface area contributed by atoms with Gasteiger partial charge in [-0.2, -0.15) is 0 Å². The Labute approximate surface area is 225 Å². The maximum Gasteiger partial charge on any atom is 0.333 e. The molecular weight excluding hydrogens is 494 g/mol. The average Bonchev–Trinajstić information content (AvgIpc) is 3.65. The smallest absolute Gasteiger partial charge is 0.333 e. The van der Waals surface area contributed by atoms with Crippen LogP contribution < -0.4 is 21.9 Å². The summed E-state index contributed by atoms with van der Waals surface area (Å²) in [5.74, 6) is 1.59. The molecule has 10 heteroatoms. The number of amides is 1. The molecule has 0 aliphatic heterocycles. The van der Waals surface area contributed by atoms with Crippen molar-refractivity contribution in [3.05, 3.63) is 74.6 Å². The number of nitrogens with one attached hydrogen (secondary N) is 3. The first-order chi connectivity index (χ1) is 19.0. The second kappa shape index (κ2) is 10.5. The number of aromatic nitrogens is 5. The molecule has 0 radical (unpaired) electrons. The number of anilines is 1. The first-order valence-electron chi connectivity index (χ1n) is 13.8. The second-order valence-electron chi connectivity index (χ2n) is 10.6. The number of benzene rings is 1. The van der Waals surface area contributed by atoms with Gasteiger partial charge in [-0.25, -0.2) is 14.8 Å². The van der Waals surface area contributed by atoms with Gasteiger partial charge in [0.05, 0.1) is 0 Å². The van der Waals surface area contributed by atoms with E-state index >= 15 is 0 Å². The van der Waals surface area contributed by atoms with Gasteiger partial charge in [-0.05, 0) is 55.4 Å². The lowest BCUT2D eigenvalue weighted by Crippen LogP contribution is -2.39. The lowest BCUT2D eigenvalue weighted by Gasteiger charge is -2.24. The maximum absolute atomic E-state index is 13.1. The molecule has 0 saturated heterocycles. The van der Waals surface area contributed by atoms with Crippen molar-refractivity contribution < 1.29 is 4.79 Å². The highest BCUT2D eigenvalue weighted by atomic mass is 16.2. The summed E-state index contributed by atoms with van der Waals surface area (Å²) >= 11 is 0. The summed E-state index contributed by atoms with van der Waals surface area (Å²) < 4.78 is 2.98. The number of rotatable bonds is 10. The molecule has 2 saturated carbocycles. The van der Waals surface area contributed by atoms with E-state index in [2.05, 4.69) is 25.6 Å². The molecule has 202 valence electrons. The van der Waals surface area contributed by atoms with Crippen LogP contribution in [0.25, 0.3) is 22.6 Å². The van der Waals surface area contributed by atoms with Crippen LogP contribution in [0.2, 0.25) is 0 Å². The quantitative estimate of drug-likeness (QED) is 0.289. The molecule has 3 N–H and O–H groups in total. The molecule has 0 spiro atoms. The first kappa shape index (κ1) is 25.1. The molecule has 1 aromatic carbocycles. The second-order valence-corrected chi connectivity index (χ2v) is 10.6. The third-order valence-electron chi connectivity index (χ3n) is 7.65. The number of fused-ring (bicyclic) bond motifs is 1. The molecule has 39 heavy (non-hydrogen) atoms. The topological polar surface area (TPSA) is 127 Å². The zero-order valence-corrected chi connectivity index (χ0v) is 22.1. The minimum atomic E-state index is -0.304. The van der Waals surface area contributed by atoms with E-state index in [1.807, 2.05) is 43.3 Å². The van der Waals surface area contributed by atoms with E-state index in [9.17, 15) is 14.4 Å². The maximum atomic E-state index is 13.1. The molecule has 0 bridgehead atoms. The molecule has 3 heterocycles. The Balaban J connectivity index is 1.12. The zero-order valence-electron chi connectivity index (χ0n) is 22.1. The van der Waals surface area contributed by atoms with Crippen LogP contribution in [0.1, 0.15) is 62.6 Å². The number of aromatic amines is 1. The highest BCUT2D eigenvalue weighted by Crippen LogP contribution is 2.32. The van der Waals surface area contributed by atoms with E-state index in [-0.39, 0.29) is 29.1 Å². The largest absolute Gasteiger partial charge is 0.366 e.